The van der Waals surface area contributed by atoms with Crippen LogP contribution < -0.4 is 4.72 Å². The zero-order valence-corrected chi connectivity index (χ0v) is 16.6. The van der Waals surface area contributed by atoms with E-state index in [-0.39, 0.29) is 28.5 Å². The van der Waals surface area contributed by atoms with E-state index in [1.807, 2.05) is 4.90 Å². The van der Waals surface area contributed by atoms with Gasteiger partial charge in [0.25, 0.3) is 10.0 Å². The lowest BCUT2D eigenvalue weighted by atomic mass is 9.84. The van der Waals surface area contributed by atoms with Crippen molar-refractivity contribution in [1.82, 2.24) is 14.5 Å². The minimum absolute atomic E-state index is 0.160. The fraction of sp³-hybridized carbons (Fsp3) is 0.526. The number of carbonyl (C=O) groups excluding carboxylic acids is 2. The first-order chi connectivity index (χ1) is 13.4. The van der Waals surface area contributed by atoms with Crippen molar-refractivity contribution in [3.05, 3.63) is 29.8 Å². The third-order valence-electron chi connectivity index (χ3n) is 5.70. The van der Waals surface area contributed by atoms with Gasteiger partial charge in [-0.05, 0) is 31.9 Å². The minimum atomic E-state index is -3.62. The van der Waals surface area contributed by atoms with E-state index in [4.69, 9.17) is 0 Å². The Labute approximate surface area is 164 Å². The Hall–Kier alpha value is -2.42. The second kappa shape index (κ2) is 7.20. The number of carbonyl (C=O) groups is 2. The molecule has 2 aliphatic heterocycles. The van der Waals surface area contributed by atoms with Crippen LogP contribution in [-0.2, 0) is 19.6 Å². The summed E-state index contributed by atoms with van der Waals surface area (Å²) in [5.41, 5.74) is 0.484. The molecule has 2 heterocycles. The Kier molecular flexibility index (Phi) is 4.86. The SMILES string of the molecule is C[C@H](N=C1NS(=O)(=O)c2ccccc21)C(=O)N1CCN(C(=O)C2CCC2)CC1. The highest BCUT2D eigenvalue weighted by atomic mass is 32.2. The van der Waals surface area contributed by atoms with Crippen LogP contribution in [-0.4, -0.2) is 68.1 Å². The number of benzene rings is 1. The second-order valence-electron chi connectivity index (χ2n) is 7.53. The van der Waals surface area contributed by atoms with Gasteiger partial charge in [-0.3, -0.25) is 19.3 Å². The summed E-state index contributed by atoms with van der Waals surface area (Å²) in [5.74, 6) is 0.425. The van der Waals surface area contributed by atoms with E-state index in [1.165, 1.54) is 6.07 Å². The monoisotopic (exact) mass is 404 g/mol. The number of hydrogen-bond donors (Lipinski definition) is 1. The van der Waals surface area contributed by atoms with Crippen LogP contribution in [0, 0.1) is 5.92 Å². The van der Waals surface area contributed by atoms with E-state index in [9.17, 15) is 18.0 Å². The molecule has 0 aromatic heterocycles. The molecule has 1 atom stereocenters. The van der Waals surface area contributed by atoms with Gasteiger partial charge in [0.15, 0.2) is 0 Å². The number of hydrogen-bond acceptors (Lipinski definition) is 5. The molecule has 1 saturated carbocycles. The lowest BCUT2D eigenvalue weighted by molar-refractivity contribution is -0.144. The molecule has 0 spiro atoms. The van der Waals surface area contributed by atoms with E-state index < -0.39 is 16.1 Å². The first kappa shape index (κ1) is 18.9. The number of nitrogens with one attached hydrogen (secondary N) is 1. The number of piperazine rings is 1. The second-order valence-corrected chi connectivity index (χ2v) is 9.18. The summed E-state index contributed by atoms with van der Waals surface area (Å²) in [6, 6.07) is 5.87. The summed E-state index contributed by atoms with van der Waals surface area (Å²) < 4.78 is 26.8. The highest BCUT2D eigenvalue weighted by Gasteiger charge is 2.34. The molecule has 9 heteroatoms. The standard InChI is InChI=1S/C19H24N4O4S/c1-13(20-17-15-7-2-3-8-16(15)28(26,27)21-17)18(24)22-9-11-23(12-10-22)19(25)14-5-4-6-14/h2-3,7-8,13-14H,4-6,9-12H2,1H3,(H,20,21)/t13-/m0/s1. The largest absolute Gasteiger partial charge is 0.339 e. The Balaban J connectivity index is 1.41. The molecule has 28 heavy (non-hydrogen) atoms. The van der Waals surface area contributed by atoms with E-state index >= 15 is 0 Å². The Morgan fingerprint density at radius 1 is 1.11 bits per heavy atom. The number of fused-ring (bicyclic) bond motifs is 1. The highest BCUT2D eigenvalue weighted by molar-refractivity contribution is 7.90. The molecule has 1 aromatic rings. The van der Waals surface area contributed by atoms with Gasteiger partial charge in [0.05, 0.1) is 4.90 Å². The van der Waals surface area contributed by atoms with Gasteiger partial charge in [0.1, 0.15) is 11.9 Å². The molecule has 2 fully saturated rings. The molecule has 1 aromatic carbocycles. The van der Waals surface area contributed by atoms with Crippen LogP contribution in [0.1, 0.15) is 31.7 Å². The third-order valence-corrected chi connectivity index (χ3v) is 7.10. The van der Waals surface area contributed by atoms with Gasteiger partial charge >= 0.3 is 0 Å². The van der Waals surface area contributed by atoms with E-state index in [2.05, 4.69) is 9.71 Å². The highest BCUT2D eigenvalue weighted by Crippen LogP contribution is 2.28. The first-order valence-corrected chi connectivity index (χ1v) is 11.1. The van der Waals surface area contributed by atoms with Crippen molar-refractivity contribution in [3.63, 3.8) is 0 Å². The zero-order chi connectivity index (χ0) is 19.9. The number of amides is 2. The maximum atomic E-state index is 12.8. The lowest BCUT2D eigenvalue weighted by Crippen LogP contribution is -2.54. The summed E-state index contributed by atoms with van der Waals surface area (Å²) in [4.78, 5) is 33.2. The Morgan fingerprint density at radius 2 is 1.75 bits per heavy atom. The van der Waals surface area contributed by atoms with Crippen LogP contribution in [0.4, 0.5) is 0 Å². The van der Waals surface area contributed by atoms with Gasteiger partial charge < -0.3 is 9.80 Å². The minimum Gasteiger partial charge on any atom is -0.339 e. The predicted octanol–water partition coefficient (Wildman–Crippen LogP) is 0.585. The maximum absolute atomic E-state index is 12.8. The molecule has 4 rings (SSSR count). The maximum Gasteiger partial charge on any atom is 0.263 e. The van der Waals surface area contributed by atoms with Crippen molar-refractivity contribution in [3.8, 4) is 0 Å². The first-order valence-electron chi connectivity index (χ1n) is 9.64. The van der Waals surface area contributed by atoms with Gasteiger partial charge in [0.2, 0.25) is 11.8 Å². The third kappa shape index (κ3) is 3.39. The van der Waals surface area contributed by atoms with Gasteiger partial charge in [-0.2, -0.15) is 0 Å². The average Bonchev–Trinajstić information content (AvgIpc) is 2.90. The van der Waals surface area contributed by atoms with Crippen molar-refractivity contribution >= 4 is 27.7 Å². The van der Waals surface area contributed by atoms with Crippen LogP contribution in [0.3, 0.4) is 0 Å². The van der Waals surface area contributed by atoms with Gasteiger partial charge in [-0.15, -0.1) is 0 Å². The van der Waals surface area contributed by atoms with Crippen LogP contribution >= 0.6 is 0 Å². The smallest absolute Gasteiger partial charge is 0.263 e. The molecule has 8 nitrogen and oxygen atoms in total. The summed E-state index contributed by atoms with van der Waals surface area (Å²) in [6.45, 7) is 3.71. The fourth-order valence-electron chi connectivity index (χ4n) is 3.80. The molecule has 1 N–H and O–H groups in total. The molecule has 0 unspecified atom stereocenters. The lowest BCUT2D eigenvalue weighted by Gasteiger charge is -2.38. The molecular formula is C19H24N4O4S. The van der Waals surface area contributed by atoms with Gasteiger partial charge in [-0.25, -0.2) is 8.42 Å². The van der Waals surface area contributed by atoms with Crippen molar-refractivity contribution in [1.29, 1.82) is 0 Å². The van der Waals surface area contributed by atoms with Gasteiger partial charge in [-0.1, -0.05) is 18.6 Å². The predicted molar refractivity (Wildman–Crippen MR) is 103 cm³/mol. The summed E-state index contributed by atoms with van der Waals surface area (Å²) in [5, 5.41) is 0. The van der Waals surface area contributed by atoms with Crippen LogP contribution in [0.15, 0.2) is 34.2 Å². The number of sulfonamides is 1. The summed E-state index contributed by atoms with van der Waals surface area (Å²) in [7, 11) is -3.62. The Bertz CT molecular complexity index is 931. The number of rotatable bonds is 3. The van der Waals surface area contributed by atoms with E-state index in [0.717, 1.165) is 19.3 Å². The van der Waals surface area contributed by atoms with E-state index in [1.54, 1.807) is 30.0 Å². The molecular weight excluding hydrogens is 380 g/mol. The van der Waals surface area contributed by atoms with Crippen LogP contribution in [0.2, 0.25) is 0 Å². The van der Waals surface area contributed by atoms with Crippen LogP contribution in [0.5, 0.6) is 0 Å². The molecule has 3 aliphatic rings. The quantitative estimate of drug-likeness (QED) is 0.797. The van der Waals surface area contributed by atoms with Crippen molar-refractivity contribution in [2.75, 3.05) is 26.2 Å². The number of amidine groups is 1. The fourth-order valence-corrected chi connectivity index (χ4v) is 5.04. The average molecular weight is 404 g/mol. The van der Waals surface area contributed by atoms with Crippen LogP contribution in [0.25, 0.3) is 0 Å². The number of nitrogens with zero attached hydrogens (tertiary/aromatic N) is 3. The molecule has 0 bridgehead atoms. The summed E-state index contributed by atoms with van der Waals surface area (Å²) in [6.07, 6.45) is 3.08. The van der Waals surface area contributed by atoms with Crippen molar-refractivity contribution in [2.24, 2.45) is 10.9 Å². The molecule has 2 amide bonds. The van der Waals surface area contributed by atoms with Crippen molar-refractivity contribution < 1.29 is 18.0 Å². The molecule has 0 radical (unpaired) electrons. The van der Waals surface area contributed by atoms with Crippen molar-refractivity contribution in [2.45, 2.75) is 37.1 Å². The normalized spacial score (nSPS) is 23.7. The molecule has 1 aliphatic carbocycles. The topological polar surface area (TPSA) is 99.1 Å². The Morgan fingerprint density at radius 3 is 2.39 bits per heavy atom. The zero-order valence-electron chi connectivity index (χ0n) is 15.8. The summed E-state index contributed by atoms with van der Waals surface area (Å²) >= 11 is 0. The van der Waals surface area contributed by atoms with Gasteiger partial charge in [0, 0.05) is 37.7 Å². The molecule has 1 saturated heterocycles. The molecule has 150 valence electrons. The van der Waals surface area contributed by atoms with E-state index in [0.29, 0.717) is 31.7 Å². The number of aliphatic imine (C=N–C) groups is 1.